The van der Waals surface area contributed by atoms with Crippen molar-refractivity contribution >= 4 is 26.0 Å². The van der Waals surface area contributed by atoms with Crippen LogP contribution in [-0.4, -0.2) is 20.1 Å². The van der Waals surface area contributed by atoms with Crippen LogP contribution in [0.5, 0.6) is 0 Å². The molecule has 0 radical (unpaired) electrons. The first kappa shape index (κ1) is 16.5. The standard InChI is InChI=1S/C11H13BrF3NO2S/c1-3-10(2,11(13,14)15)16-19(17,18)9-6-4-8(12)5-7-9/h4-7,16H,3H2,1-2H3. The molecule has 1 atom stereocenters. The molecule has 0 aliphatic rings. The topological polar surface area (TPSA) is 46.2 Å². The molecule has 19 heavy (non-hydrogen) atoms. The largest absolute Gasteiger partial charge is 0.407 e. The maximum atomic E-state index is 12.9. The maximum absolute atomic E-state index is 12.9. The Morgan fingerprint density at radius 3 is 2.05 bits per heavy atom. The number of halogens is 4. The number of nitrogens with one attached hydrogen (secondary N) is 1. The molecule has 0 aliphatic carbocycles. The number of sulfonamides is 1. The van der Waals surface area contributed by atoms with E-state index in [-0.39, 0.29) is 4.90 Å². The van der Waals surface area contributed by atoms with E-state index in [0.29, 0.717) is 4.47 Å². The highest BCUT2D eigenvalue weighted by atomic mass is 79.9. The van der Waals surface area contributed by atoms with Gasteiger partial charge in [0.15, 0.2) is 0 Å². The number of benzene rings is 1. The number of hydrogen-bond acceptors (Lipinski definition) is 2. The molecule has 0 amide bonds. The highest BCUT2D eigenvalue weighted by Gasteiger charge is 2.52. The molecule has 0 spiro atoms. The number of alkyl halides is 3. The van der Waals surface area contributed by atoms with Crippen LogP contribution in [0, 0.1) is 0 Å². The van der Waals surface area contributed by atoms with E-state index in [1.54, 1.807) is 4.72 Å². The van der Waals surface area contributed by atoms with Crippen LogP contribution < -0.4 is 4.72 Å². The Morgan fingerprint density at radius 1 is 1.21 bits per heavy atom. The van der Waals surface area contributed by atoms with Gasteiger partial charge in [-0.25, -0.2) is 8.42 Å². The summed E-state index contributed by atoms with van der Waals surface area (Å²) in [5.74, 6) is 0. The number of hydrogen-bond donors (Lipinski definition) is 1. The highest BCUT2D eigenvalue weighted by molar-refractivity contribution is 9.10. The van der Waals surface area contributed by atoms with E-state index in [0.717, 1.165) is 6.92 Å². The molecule has 0 saturated heterocycles. The summed E-state index contributed by atoms with van der Waals surface area (Å²) < 4.78 is 64.9. The molecule has 0 bridgehead atoms. The van der Waals surface area contributed by atoms with Gasteiger partial charge in [-0.3, -0.25) is 0 Å². The van der Waals surface area contributed by atoms with Crippen molar-refractivity contribution < 1.29 is 21.6 Å². The molecular weight excluding hydrogens is 347 g/mol. The molecule has 108 valence electrons. The van der Waals surface area contributed by atoms with Gasteiger partial charge >= 0.3 is 6.18 Å². The Labute approximate surface area is 118 Å². The van der Waals surface area contributed by atoms with E-state index < -0.39 is 28.2 Å². The van der Waals surface area contributed by atoms with Gasteiger partial charge < -0.3 is 0 Å². The van der Waals surface area contributed by atoms with Crippen LogP contribution in [-0.2, 0) is 10.0 Å². The molecule has 0 saturated carbocycles. The van der Waals surface area contributed by atoms with Gasteiger partial charge in [0, 0.05) is 4.47 Å². The Hall–Kier alpha value is -0.600. The van der Waals surface area contributed by atoms with Crippen LogP contribution in [0.25, 0.3) is 0 Å². The SMILES string of the molecule is CCC(C)(NS(=O)(=O)c1ccc(Br)cc1)C(F)(F)F. The zero-order valence-electron chi connectivity index (χ0n) is 10.3. The Morgan fingerprint density at radius 2 is 1.68 bits per heavy atom. The zero-order chi connectivity index (χ0) is 14.9. The van der Waals surface area contributed by atoms with E-state index in [9.17, 15) is 21.6 Å². The van der Waals surface area contributed by atoms with Gasteiger partial charge in [-0.1, -0.05) is 22.9 Å². The van der Waals surface area contributed by atoms with Gasteiger partial charge in [-0.15, -0.1) is 0 Å². The lowest BCUT2D eigenvalue weighted by Gasteiger charge is -2.31. The third-order valence-electron chi connectivity index (χ3n) is 2.82. The van der Waals surface area contributed by atoms with E-state index in [2.05, 4.69) is 15.9 Å². The van der Waals surface area contributed by atoms with E-state index >= 15 is 0 Å². The molecule has 3 nitrogen and oxygen atoms in total. The predicted molar refractivity (Wildman–Crippen MR) is 69.2 cm³/mol. The van der Waals surface area contributed by atoms with Gasteiger partial charge in [0.05, 0.1) is 4.90 Å². The smallest absolute Gasteiger partial charge is 0.207 e. The monoisotopic (exact) mass is 359 g/mol. The molecule has 1 aromatic carbocycles. The lowest BCUT2D eigenvalue weighted by atomic mass is 10.0. The molecule has 8 heteroatoms. The third-order valence-corrected chi connectivity index (χ3v) is 4.96. The Kier molecular flexibility index (Phi) is 4.69. The quantitative estimate of drug-likeness (QED) is 0.894. The van der Waals surface area contributed by atoms with E-state index in [1.807, 2.05) is 0 Å². The van der Waals surface area contributed by atoms with Gasteiger partial charge in [0.2, 0.25) is 10.0 Å². The summed E-state index contributed by atoms with van der Waals surface area (Å²) in [5.41, 5.74) is -2.49. The first-order chi connectivity index (χ1) is 8.52. The molecular formula is C11H13BrF3NO2S. The fourth-order valence-corrected chi connectivity index (χ4v) is 3.03. The summed E-state index contributed by atoms with van der Waals surface area (Å²) in [7, 11) is -4.22. The summed E-state index contributed by atoms with van der Waals surface area (Å²) in [5, 5.41) is 0. The van der Waals surface area contributed by atoms with E-state index in [1.165, 1.54) is 31.2 Å². The lowest BCUT2D eigenvalue weighted by molar-refractivity contribution is -0.186. The minimum Gasteiger partial charge on any atom is -0.207 e. The average molecular weight is 360 g/mol. The van der Waals surface area contributed by atoms with Crippen molar-refractivity contribution in [3.8, 4) is 0 Å². The van der Waals surface area contributed by atoms with Crippen molar-refractivity contribution in [1.82, 2.24) is 4.72 Å². The van der Waals surface area contributed by atoms with Gasteiger partial charge in [0.25, 0.3) is 0 Å². The second-order valence-electron chi connectivity index (χ2n) is 4.24. The van der Waals surface area contributed by atoms with Crippen molar-refractivity contribution in [2.75, 3.05) is 0 Å². The van der Waals surface area contributed by atoms with Crippen LogP contribution in [0.2, 0.25) is 0 Å². The van der Waals surface area contributed by atoms with Gasteiger partial charge in [-0.05, 0) is 37.6 Å². The molecule has 0 aromatic heterocycles. The normalized spacial score (nSPS) is 16.1. The van der Waals surface area contributed by atoms with Crippen molar-refractivity contribution in [1.29, 1.82) is 0 Å². The van der Waals surface area contributed by atoms with E-state index in [4.69, 9.17) is 0 Å². The fourth-order valence-electron chi connectivity index (χ4n) is 1.30. The summed E-state index contributed by atoms with van der Waals surface area (Å²) in [6.45, 7) is 2.10. The lowest BCUT2D eigenvalue weighted by Crippen LogP contribution is -2.55. The van der Waals surface area contributed by atoms with Crippen LogP contribution in [0.4, 0.5) is 13.2 Å². The molecule has 0 aliphatic heterocycles. The summed E-state index contributed by atoms with van der Waals surface area (Å²) in [4.78, 5) is -0.209. The van der Waals surface area contributed by atoms with Crippen molar-refractivity contribution in [3.05, 3.63) is 28.7 Å². The minimum absolute atomic E-state index is 0.209. The fraction of sp³-hybridized carbons (Fsp3) is 0.455. The number of rotatable bonds is 4. The highest BCUT2D eigenvalue weighted by Crippen LogP contribution is 2.34. The van der Waals surface area contributed by atoms with Gasteiger partial charge in [-0.2, -0.15) is 17.9 Å². The molecule has 1 unspecified atom stereocenters. The minimum atomic E-state index is -4.66. The summed E-state index contributed by atoms with van der Waals surface area (Å²) >= 11 is 3.12. The first-order valence-corrected chi connectivity index (χ1v) is 7.66. The molecule has 1 rings (SSSR count). The Bertz CT molecular complexity index is 542. The summed E-state index contributed by atoms with van der Waals surface area (Å²) in [6, 6.07) is 5.37. The molecule has 0 heterocycles. The van der Waals surface area contributed by atoms with Crippen LogP contribution in [0.15, 0.2) is 33.6 Å². The Balaban J connectivity index is 3.12. The zero-order valence-corrected chi connectivity index (χ0v) is 12.7. The van der Waals surface area contributed by atoms with Crippen LogP contribution in [0.3, 0.4) is 0 Å². The molecule has 1 aromatic rings. The average Bonchev–Trinajstić information content (AvgIpc) is 2.27. The van der Waals surface area contributed by atoms with Gasteiger partial charge in [0.1, 0.15) is 5.54 Å². The van der Waals surface area contributed by atoms with Crippen LogP contribution in [0.1, 0.15) is 20.3 Å². The van der Waals surface area contributed by atoms with Crippen molar-refractivity contribution in [2.45, 2.75) is 36.9 Å². The van der Waals surface area contributed by atoms with Crippen LogP contribution >= 0.6 is 15.9 Å². The molecule has 1 N–H and O–H groups in total. The predicted octanol–water partition coefficient (Wildman–Crippen LogP) is 3.46. The van der Waals surface area contributed by atoms with Crippen molar-refractivity contribution in [2.24, 2.45) is 0 Å². The second kappa shape index (κ2) is 5.41. The van der Waals surface area contributed by atoms with Crippen molar-refractivity contribution in [3.63, 3.8) is 0 Å². The summed E-state index contributed by atoms with van der Waals surface area (Å²) in [6.07, 6.45) is -5.06. The first-order valence-electron chi connectivity index (χ1n) is 5.38. The second-order valence-corrected chi connectivity index (χ2v) is 6.84. The maximum Gasteiger partial charge on any atom is 0.407 e. The molecule has 0 fully saturated rings. The third kappa shape index (κ3) is 3.70.